The average molecular weight is 258 g/mol. The number of aromatic nitrogens is 1. The van der Waals surface area contributed by atoms with E-state index in [1.54, 1.807) is 0 Å². The first-order valence-corrected chi connectivity index (χ1v) is 5.74. The number of carboxylic acids is 1. The van der Waals surface area contributed by atoms with Crippen LogP contribution in [0.15, 0.2) is 5.38 Å². The number of thiazole rings is 1. The van der Waals surface area contributed by atoms with Crippen molar-refractivity contribution in [2.45, 2.75) is 5.76 Å². The lowest BCUT2D eigenvalue weighted by Crippen LogP contribution is -2.20. The van der Waals surface area contributed by atoms with Gasteiger partial charge in [0.05, 0.1) is 0 Å². The second-order valence-electron chi connectivity index (χ2n) is 2.25. The van der Waals surface area contributed by atoms with Gasteiger partial charge in [-0.15, -0.1) is 11.3 Å². The SMILES string of the molecule is O=C(O)c1csc(NS(=O)(=O)C(F)F)n1. The van der Waals surface area contributed by atoms with Gasteiger partial charge in [0, 0.05) is 5.38 Å². The molecule has 0 radical (unpaired) electrons. The zero-order valence-electron chi connectivity index (χ0n) is 6.85. The molecule has 0 aromatic carbocycles. The Morgan fingerprint density at radius 2 is 2.20 bits per heavy atom. The minimum atomic E-state index is -4.79. The monoisotopic (exact) mass is 258 g/mol. The number of nitrogens with one attached hydrogen (secondary N) is 1. The van der Waals surface area contributed by atoms with Crippen LogP contribution in [0.5, 0.6) is 0 Å². The van der Waals surface area contributed by atoms with Crippen LogP contribution in [0.1, 0.15) is 10.5 Å². The van der Waals surface area contributed by atoms with Crippen LogP contribution in [-0.4, -0.2) is 30.2 Å². The first-order chi connectivity index (χ1) is 6.83. The second kappa shape index (κ2) is 4.06. The predicted molar refractivity (Wildman–Crippen MR) is 47.6 cm³/mol. The van der Waals surface area contributed by atoms with Crippen molar-refractivity contribution in [2.24, 2.45) is 0 Å². The van der Waals surface area contributed by atoms with Crippen molar-refractivity contribution < 1.29 is 27.1 Å². The molecule has 0 atom stereocenters. The normalized spacial score (nSPS) is 11.7. The summed E-state index contributed by atoms with van der Waals surface area (Å²) in [5.74, 6) is -4.96. The summed E-state index contributed by atoms with van der Waals surface area (Å²) in [5, 5.41) is 9.05. The Balaban J connectivity index is 2.87. The summed E-state index contributed by atoms with van der Waals surface area (Å²) >= 11 is 0.607. The number of hydrogen-bond acceptors (Lipinski definition) is 5. The van der Waals surface area contributed by atoms with Gasteiger partial charge in [0.25, 0.3) is 10.0 Å². The van der Waals surface area contributed by atoms with Crippen molar-refractivity contribution in [1.82, 2.24) is 4.98 Å². The molecule has 0 saturated carbocycles. The maximum Gasteiger partial charge on any atom is 0.355 e. The zero-order chi connectivity index (χ0) is 11.6. The summed E-state index contributed by atoms with van der Waals surface area (Å²) in [6.45, 7) is 0. The third-order valence-corrected chi connectivity index (χ3v) is 3.02. The minimum absolute atomic E-state index is 0.410. The van der Waals surface area contributed by atoms with Crippen LogP contribution in [0.2, 0.25) is 0 Å². The van der Waals surface area contributed by atoms with Crippen molar-refractivity contribution in [3.05, 3.63) is 11.1 Å². The van der Waals surface area contributed by atoms with Crippen LogP contribution in [0.25, 0.3) is 0 Å². The van der Waals surface area contributed by atoms with E-state index in [0.717, 1.165) is 5.38 Å². The molecule has 10 heteroatoms. The molecule has 0 spiro atoms. The lowest BCUT2D eigenvalue weighted by Gasteiger charge is -2.01. The molecule has 1 heterocycles. The molecule has 0 unspecified atom stereocenters. The van der Waals surface area contributed by atoms with Crippen molar-refractivity contribution in [3.63, 3.8) is 0 Å². The molecule has 0 fully saturated rings. The Kier molecular flexibility index (Phi) is 3.19. The number of alkyl halides is 2. The number of halogens is 2. The zero-order valence-corrected chi connectivity index (χ0v) is 8.48. The van der Waals surface area contributed by atoms with Gasteiger partial charge >= 0.3 is 11.7 Å². The fourth-order valence-corrected chi connectivity index (χ4v) is 2.03. The summed E-state index contributed by atoms with van der Waals surface area (Å²) in [7, 11) is -4.79. The molecule has 0 bridgehead atoms. The van der Waals surface area contributed by atoms with Gasteiger partial charge in [-0.1, -0.05) is 0 Å². The Morgan fingerprint density at radius 1 is 1.60 bits per heavy atom. The third kappa shape index (κ3) is 2.83. The molecule has 0 amide bonds. The standard InChI is InChI=1S/C5H4F2N2O4S2/c6-4(7)15(12,13)9-5-8-2(1-14-5)3(10)11/h1,4H,(H,8,9)(H,10,11). The molecule has 1 aromatic rings. The lowest BCUT2D eigenvalue weighted by atomic mass is 10.5. The van der Waals surface area contributed by atoms with E-state index in [-0.39, 0.29) is 0 Å². The number of hydrogen-bond donors (Lipinski definition) is 2. The van der Waals surface area contributed by atoms with Gasteiger partial charge in [-0.05, 0) is 0 Å². The molecule has 0 aliphatic rings. The van der Waals surface area contributed by atoms with E-state index >= 15 is 0 Å². The minimum Gasteiger partial charge on any atom is -0.476 e. The Labute approximate surface area is 86.6 Å². The molecular weight excluding hydrogens is 254 g/mol. The highest BCUT2D eigenvalue weighted by atomic mass is 32.2. The number of carboxylic acid groups (broad SMARTS) is 1. The summed E-state index contributed by atoms with van der Waals surface area (Å²) in [6, 6.07) is 0. The van der Waals surface area contributed by atoms with Crippen LogP contribution in [0.3, 0.4) is 0 Å². The predicted octanol–water partition coefficient (Wildman–Crippen LogP) is 0.806. The number of aromatic carboxylic acids is 1. The van der Waals surface area contributed by atoms with Gasteiger partial charge in [0.15, 0.2) is 10.8 Å². The molecule has 1 aromatic heterocycles. The summed E-state index contributed by atoms with van der Waals surface area (Å²) in [5.41, 5.74) is -0.410. The molecule has 1 rings (SSSR count). The third-order valence-electron chi connectivity index (χ3n) is 1.19. The highest BCUT2D eigenvalue weighted by Gasteiger charge is 2.25. The van der Waals surface area contributed by atoms with E-state index < -0.39 is 32.6 Å². The molecule has 0 aliphatic heterocycles. The summed E-state index contributed by atoms with van der Waals surface area (Å²) in [4.78, 5) is 13.6. The van der Waals surface area contributed by atoms with Crippen molar-refractivity contribution >= 4 is 32.5 Å². The Morgan fingerprint density at radius 3 is 2.60 bits per heavy atom. The lowest BCUT2D eigenvalue weighted by molar-refractivity contribution is 0.0691. The van der Waals surface area contributed by atoms with Gasteiger partial charge in [-0.2, -0.15) is 8.78 Å². The maximum absolute atomic E-state index is 11.9. The van der Waals surface area contributed by atoms with E-state index in [1.165, 1.54) is 4.72 Å². The fraction of sp³-hybridized carbons (Fsp3) is 0.200. The van der Waals surface area contributed by atoms with Gasteiger partial charge in [-0.3, -0.25) is 4.72 Å². The van der Waals surface area contributed by atoms with Crippen molar-refractivity contribution in [2.75, 3.05) is 4.72 Å². The molecule has 6 nitrogen and oxygen atoms in total. The molecule has 0 aliphatic carbocycles. The first kappa shape index (κ1) is 11.8. The average Bonchev–Trinajstić information content (AvgIpc) is 2.51. The molecule has 84 valence electrons. The molecular formula is C5H4F2N2O4S2. The summed E-state index contributed by atoms with van der Waals surface area (Å²) < 4.78 is 46.5. The van der Waals surface area contributed by atoms with Crippen LogP contribution >= 0.6 is 11.3 Å². The highest BCUT2D eigenvalue weighted by molar-refractivity contribution is 7.93. The molecule has 2 N–H and O–H groups in total. The number of anilines is 1. The van der Waals surface area contributed by atoms with Gasteiger partial charge in [0.1, 0.15) is 0 Å². The number of nitrogens with zero attached hydrogens (tertiary/aromatic N) is 1. The Bertz CT molecular complexity index is 469. The summed E-state index contributed by atoms with van der Waals surface area (Å²) in [6.07, 6.45) is 0. The smallest absolute Gasteiger partial charge is 0.355 e. The van der Waals surface area contributed by atoms with Crippen LogP contribution in [0.4, 0.5) is 13.9 Å². The van der Waals surface area contributed by atoms with Crippen molar-refractivity contribution in [1.29, 1.82) is 0 Å². The second-order valence-corrected chi connectivity index (χ2v) is 4.76. The van der Waals surface area contributed by atoms with Gasteiger partial charge in [-0.25, -0.2) is 18.2 Å². The fourth-order valence-electron chi connectivity index (χ4n) is 0.585. The highest BCUT2D eigenvalue weighted by Crippen LogP contribution is 2.18. The van der Waals surface area contributed by atoms with Crippen LogP contribution in [-0.2, 0) is 10.0 Å². The topological polar surface area (TPSA) is 96.4 Å². The maximum atomic E-state index is 11.9. The van der Waals surface area contributed by atoms with E-state index in [2.05, 4.69) is 4.98 Å². The van der Waals surface area contributed by atoms with Crippen LogP contribution < -0.4 is 4.72 Å². The van der Waals surface area contributed by atoms with Gasteiger partial charge in [0.2, 0.25) is 0 Å². The van der Waals surface area contributed by atoms with E-state index in [4.69, 9.17) is 5.11 Å². The van der Waals surface area contributed by atoms with Gasteiger partial charge < -0.3 is 5.11 Å². The van der Waals surface area contributed by atoms with E-state index in [1.807, 2.05) is 0 Å². The quantitative estimate of drug-likeness (QED) is 0.832. The van der Waals surface area contributed by atoms with E-state index in [9.17, 15) is 22.0 Å². The van der Waals surface area contributed by atoms with Crippen LogP contribution in [0, 0.1) is 0 Å². The Hall–Kier alpha value is -1.29. The number of sulfonamides is 1. The molecule has 0 saturated heterocycles. The first-order valence-electron chi connectivity index (χ1n) is 3.31. The number of rotatable bonds is 4. The van der Waals surface area contributed by atoms with Crippen molar-refractivity contribution in [3.8, 4) is 0 Å². The number of carbonyl (C=O) groups is 1. The molecule has 15 heavy (non-hydrogen) atoms. The largest absolute Gasteiger partial charge is 0.476 e. The van der Waals surface area contributed by atoms with E-state index in [0.29, 0.717) is 11.3 Å².